The number of likely N-dealkylation sites (N-methyl/N-ethyl adjacent to an activating group) is 2. The molecule has 6 fully saturated rings. The highest BCUT2D eigenvalue weighted by atomic mass is 16.5. The van der Waals surface area contributed by atoms with Gasteiger partial charge in [-0.1, -0.05) is 88.4 Å². The smallest absolute Gasteiger partial charge is 0.322 e. The van der Waals surface area contributed by atoms with Gasteiger partial charge in [-0.05, 0) is 159 Å². The van der Waals surface area contributed by atoms with Crippen molar-refractivity contribution in [3.8, 4) is 11.5 Å². The lowest BCUT2D eigenvalue weighted by molar-refractivity contribution is -0.203. The lowest BCUT2D eigenvalue weighted by Gasteiger charge is -2.63. The minimum Gasteiger partial charge on any atom is -0.496 e. The number of azide groups is 1. The number of carbonyl (C=O) groups is 4. The van der Waals surface area contributed by atoms with Crippen LogP contribution in [-0.2, 0) is 77.4 Å². The number of H-pyrrole nitrogens is 2. The third kappa shape index (κ3) is 12.8. The van der Waals surface area contributed by atoms with E-state index in [4.69, 9.17) is 38.9 Å². The van der Waals surface area contributed by atoms with Gasteiger partial charge in [0.15, 0.2) is 11.2 Å². The summed E-state index contributed by atoms with van der Waals surface area (Å²) >= 11 is 0. The zero-order chi connectivity index (χ0) is 87.6. The second-order valence-corrected chi connectivity index (χ2v) is 37.6. The third-order valence-corrected chi connectivity index (χ3v) is 32.1. The number of aliphatic hydroxyl groups excluding tert-OH is 2. The van der Waals surface area contributed by atoms with Crippen LogP contribution in [-0.4, -0.2) is 303 Å². The number of para-hydroxylation sites is 2. The molecule has 668 valence electrons. The van der Waals surface area contributed by atoms with Gasteiger partial charge in [-0.3, -0.25) is 38.8 Å². The number of esters is 2. The second-order valence-electron chi connectivity index (χ2n) is 37.6. The summed E-state index contributed by atoms with van der Waals surface area (Å²) in [6.07, 6.45) is 11.0. The molecular weight excluding hydrogens is 1580 g/mol. The molecule has 2 saturated carbocycles. The first kappa shape index (κ1) is 87.5. The van der Waals surface area contributed by atoms with Crippen molar-refractivity contribution in [2.24, 2.45) is 33.5 Å². The van der Waals surface area contributed by atoms with Crippen LogP contribution >= 0.6 is 0 Å². The van der Waals surface area contributed by atoms with Gasteiger partial charge in [-0.2, -0.15) is 0 Å². The number of hydrogen-bond acceptors (Lipinski definition) is 24. The minimum atomic E-state index is -2.49. The molecule has 7 unspecified atom stereocenters. The number of aromatic amines is 2. The molecule has 30 nitrogen and oxygen atoms in total. The molecule has 4 bridgehead atoms. The zero-order valence-corrected chi connectivity index (χ0v) is 73.3. The van der Waals surface area contributed by atoms with E-state index in [-0.39, 0.29) is 37.1 Å². The summed E-state index contributed by atoms with van der Waals surface area (Å²) in [7, 11) is 9.73. The number of benzene rings is 4. The van der Waals surface area contributed by atoms with Crippen molar-refractivity contribution in [1.82, 2.24) is 34.9 Å². The number of anilines is 2. The van der Waals surface area contributed by atoms with E-state index in [1.54, 1.807) is 21.3 Å². The summed E-state index contributed by atoms with van der Waals surface area (Å²) in [6.45, 7) is 17.2. The molecule has 12 heterocycles. The van der Waals surface area contributed by atoms with E-state index in [0.717, 1.165) is 61.1 Å². The number of methoxy groups -OCH3 is 4. The highest BCUT2D eigenvalue weighted by Crippen LogP contribution is 2.71. The number of hydrogen-bond donors (Lipinski definition) is 10. The summed E-state index contributed by atoms with van der Waals surface area (Å²) in [5.41, 5.74) is 11.2. The van der Waals surface area contributed by atoms with Gasteiger partial charge >= 0.3 is 11.9 Å². The van der Waals surface area contributed by atoms with Crippen LogP contribution in [0.3, 0.4) is 0 Å². The summed E-state index contributed by atoms with van der Waals surface area (Å²) < 4.78 is 41.3. The molecule has 30 heteroatoms. The van der Waals surface area contributed by atoms with Gasteiger partial charge in [0.2, 0.25) is 0 Å². The fraction of sp³-hybridized carbons (Fsp3) is 0.617. The van der Waals surface area contributed by atoms with Crippen molar-refractivity contribution in [3.63, 3.8) is 0 Å². The van der Waals surface area contributed by atoms with E-state index >= 15 is 9.59 Å². The van der Waals surface area contributed by atoms with Crippen LogP contribution in [0.25, 0.3) is 32.2 Å². The summed E-state index contributed by atoms with van der Waals surface area (Å²) in [5, 5.41) is 84.1. The normalized spacial score (nSPS) is 35.8. The fourth-order valence-corrected chi connectivity index (χ4v) is 27.2. The highest BCUT2D eigenvalue weighted by Gasteiger charge is 2.81. The lowest BCUT2D eigenvalue weighted by atomic mass is 9.47. The Bertz CT molecular complexity index is 5230. The summed E-state index contributed by atoms with van der Waals surface area (Å²) in [5.74, 6) is -2.02. The average Bonchev–Trinajstić information content (AvgIpc) is 1.48. The third-order valence-electron chi connectivity index (χ3n) is 32.1. The number of fused-ring (bicyclic) bond motifs is 12. The Kier molecular flexibility index (Phi) is 23.3. The van der Waals surface area contributed by atoms with Crippen LogP contribution in [0.15, 0.2) is 102 Å². The maximum absolute atomic E-state index is 15.4. The molecule has 12 aliphatic rings. The Morgan fingerprint density at radius 1 is 0.565 bits per heavy atom. The van der Waals surface area contributed by atoms with Gasteiger partial charge in [0.1, 0.15) is 34.5 Å². The maximum Gasteiger partial charge on any atom is 0.322 e. The number of nitrogens with one attached hydrogen (secondary N) is 3. The number of nitrogens with zero attached hydrogens (tertiary/aromatic N) is 9. The van der Waals surface area contributed by atoms with Crippen molar-refractivity contribution in [3.05, 3.63) is 152 Å². The Morgan fingerprint density at radius 2 is 1.00 bits per heavy atom. The Balaban J connectivity index is 0.000000178. The Hall–Kier alpha value is -8.53. The number of carbonyl (C=O) groups excluding carboxylic acids is 4. The largest absolute Gasteiger partial charge is 0.496 e. The molecule has 11 N–H and O–H groups in total. The van der Waals surface area contributed by atoms with E-state index in [9.17, 15) is 45.8 Å². The molecule has 2 aliphatic carbocycles. The van der Waals surface area contributed by atoms with E-state index in [1.807, 2.05) is 111 Å². The summed E-state index contributed by atoms with van der Waals surface area (Å²) in [4.78, 5) is 83.2. The van der Waals surface area contributed by atoms with Crippen molar-refractivity contribution < 1.29 is 83.0 Å². The minimum absolute atomic E-state index is 0.101. The quantitative estimate of drug-likeness (QED) is 0.00822. The van der Waals surface area contributed by atoms with E-state index in [1.165, 1.54) is 14.2 Å². The predicted molar refractivity (Wildman–Crippen MR) is 466 cm³/mol. The molecule has 0 radical (unpaired) electrons. The number of aromatic nitrogens is 2. The number of nitrogens with two attached hydrogens (primary N) is 1. The van der Waals surface area contributed by atoms with Crippen molar-refractivity contribution >= 4 is 56.9 Å². The lowest BCUT2D eigenvalue weighted by Crippen LogP contribution is -2.81. The van der Waals surface area contributed by atoms with Crippen LogP contribution in [0, 0.1) is 22.7 Å². The topological polar surface area (TPSA) is 392 Å². The molecule has 124 heavy (non-hydrogen) atoms. The highest BCUT2D eigenvalue weighted by molar-refractivity contribution is 5.98. The monoisotopic (exact) mass is 1710 g/mol. The van der Waals surface area contributed by atoms with Crippen LogP contribution in [0.2, 0.25) is 0 Å². The van der Waals surface area contributed by atoms with Crippen molar-refractivity contribution in [2.45, 2.75) is 185 Å². The first-order valence-corrected chi connectivity index (χ1v) is 44.8. The van der Waals surface area contributed by atoms with Crippen LogP contribution < -0.4 is 30.3 Å². The number of ether oxygens (including phenoxy) is 7. The molecule has 6 aromatic rings. The second kappa shape index (κ2) is 33.0. The number of aliphatic hydroxyl groups is 6. The van der Waals surface area contributed by atoms with Gasteiger partial charge in [-0.15, -0.1) is 0 Å². The molecule has 10 aliphatic heterocycles. The number of rotatable bonds is 23. The standard InChI is InChI=1S/C51H72N6O10.C43H53N7O7/c1-6-47(61)29-33-30-50(46(60)64-5,41-35(13-19-56(31-33)32-47)34-11-8-9-12-38(34)54-41)37-27-36-39(28-40(37)63-4)55(3)43-49(36)15-20-57-18-10-14-48(7-2,42(49)57)44(58)51(43,62)45(59)53-17-22-66-24-26-67-25-23-65-21-16-52;1-6-39(54)21-25-22-42(38(53)57-5,33-27(13-17-49(23-25)24-39)26-11-8-9-12-30(26)45-33)29-19-28-31(20-32(29)56-4)48(3)35-41(28)15-18-50-16-10-14-40(7-2,34(41)50)36(51)43(35,55)37(52)46-47-44/h8-12,14,27-28,33,42-44,54,58,61-62H,6-7,13,15-26,29-32,52H2,1-5H3,(H,53,59);8-12,14,19-20,25,34-36,45,51,54-55H,6-7,13,15-18,21-24H2,1-5H3/t33?,42-,43+,44+,47-,48+,49?,50-,51-;25?,34-,35?,36+,39-,40+,41?,42-,43-/m00/s1. The van der Waals surface area contributed by atoms with Crippen molar-refractivity contribution in [1.29, 1.82) is 0 Å². The Morgan fingerprint density at radius 3 is 1.43 bits per heavy atom. The first-order valence-electron chi connectivity index (χ1n) is 44.8. The zero-order valence-electron chi connectivity index (χ0n) is 73.3. The molecule has 18 rings (SSSR count). The van der Waals surface area contributed by atoms with Gasteiger partial charge < -0.3 is 94.6 Å². The van der Waals surface area contributed by atoms with Crippen molar-refractivity contribution in [2.75, 3.05) is 171 Å². The molecule has 20 atom stereocenters. The molecule has 2 amide bonds. The molecule has 4 saturated heterocycles. The predicted octanol–water partition coefficient (Wildman–Crippen LogP) is 6.46. The Labute approximate surface area is 724 Å². The molecule has 2 aromatic heterocycles. The average molecular weight is 1710 g/mol. The molecular formula is C94H125N13O17. The van der Waals surface area contributed by atoms with Gasteiger partial charge in [0.25, 0.3) is 11.8 Å². The number of piperidine rings is 2. The maximum atomic E-state index is 15.4. The van der Waals surface area contributed by atoms with E-state index in [0.29, 0.717) is 210 Å². The molecule has 2 spiro atoms. The van der Waals surface area contributed by atoms with Gasteiger partial charge in [-0.25, -0.2) is 0 Å². The van der Waals surface area contributed by atoms with Crippen LogP contribution in [0.1, 0.15) is 137 Å². The number of amides is 2. The van der Waals surface area contributed by atoms with Crippen LogP contribution in [0.4, 0.5) is 11.4 Å². The first-order chi connectivity index (χ1) is 59.7. The molecule has 4 aromatic carbocycles. The van der Waals surface area contributed by atoms with E-state index < -0.39 is 103 Å². The van der Waals surface area contributed by atoms with Crippen LogP contribution in [0.5, 0.6) is 11.5 Å². The summed E-state index contributed by atoms with van der Waals surface area (Å²) in [6, 6.07) is 21.7. The van der Waals surface area contributed by atoms with E-state index in [2.05, 4.69) is 75.3 Å². The fourth-order valence-electron chi connectivity index (χ4n) is 27.2. The van der Waals surface area contributed by atoms with Gasteiger partial charge in [0, 0.05) is 186 Å². The SMILES string of the molecule is CC[C@]1(O)CC2CN(CCc3c([nH]c4ccccc34)[C@@](C(=O)OC)(c3cc4c(cc3OC)N(C)C3C45CCN4CC=C[C@](CC)([C@H]45)[C@@H](O)[C@]3(O)C(=O)N=[N+]=[N-])C2)C1.CC[C@]1(O)CC2CN(CCc3c([nH]c4ccccc34)[C@@](C(=O)OC)(c3cc4c(cc3OC)N(C)[C@@H]3C45CCN4CC=C[C@](CC)([C@H]45)[C@@H](O)[C@]3(O)C(=O)NCCOCCOCCOCCN)C2)C1. The van der Waals surface area contributed by atoms with Gasteiger partial charge in [0.05, 0.1) is 91.4 Å².